The highest BCUT2D eigenvalue weighted by molar-refractivity contribution is 5.23. The van der Waals surface area contributed by atoms with Gasteiger partial charge in [-0.3, -0.25) is 0 Å². The zero-order chi connectivity index (χ0) is 14.7. The van der Waals surface area contributed by atoms with E-state index in [2.05, 4.69) is 43.4 Å². The quantitative estimate of drug-likeness (QED) is 0.843. The predicted molar refractivity (Wildman–Crippen MR) is 87.1 cm³/mol. The van der Waals surface area contributed by atoms with Crippen molar-refractivity contribution in [1.82, 2.24) is 5.32 Å². The lowest BCUT2D eigenvalue weighted by Gasteiger charge is -2.31. The maximum atomic E-state index is 6.18. The van der Waals surface area contributed by atoms with Crippen LogP contribution in [0.4, 0.5) is 0 Å². The normalized spacial score (nSPS) is 29.5. The molecular weight excluding hydrogens is 258 g/mol. The largest absolute Gasteiger partial charge is 0.374 e. The lowest BCUT2D eigenvalue weighted by molar-refractivity contribution is -0.00917. The molecule has 21 heavy (non-hydrogen) atoms. The van der Waals surface area contributed by atoms with Crippen molar-refractivity contribution in [3.63, 3.8) is 0 Å². The molecule has 0 amide bonds. The minimum absolute atomic E-state index is 0.456. The molecule has 3 rings (SSSR count). The smallest absolute Gasteiger partial charge is 0.0720 e. The van der Waals surface area contributed by atoms with E-state index in [4.69, 9.17) is 4.74 Å². The van der Waals surface area contributed by atoms with Gasteiger partial charge in [0, 0.05) is 12.6 Å². The van der Waals surface area contributed by atoms with E-state index in [9.17, 15) is 0 Å². The number of rotatable bonds is 6. The van der Waals surface area contributed by atoms with Crippen LogP contribution in [0.1, 0.15) is 57.1 Å². The molecule has 2 aliphatic carbocycles. The number of benzene rings is 1. The van der Waals surface area contributed by atoms with Crippen LogP contribution in [-0.2, 0) is 17.9 Å². The molecule has 2 fully saturated rings. The summed E-state index contributed by atoms with van der Waals surface area (Å²) in [6.45, 7) is 6.48. The van der Waals surface area contributed by atoms with Crippen LogP contribution in [0.15, 0.2) is 24.3 Å². The molecular formula is C19H29NO. The molecule has 2 heteroatoms. The fourth-order valence-electron chi connectivity index (χ4n) is 3.60. The average molecular weight is 287 g/mol. The molecule has 0 spiro atoms. The minimum Gasteiger partial charge on any atom is -0.374 e. The van der Waals surface area contributed by atoms with Gasteiger partial charge in [-0.15, -0.1) is 0 Å². The second-order valence-corrected chi connectivity index (χ2v) is 7.33. The Labute approximate surface area is 129 Å². The van der Waals surface area contributed by atoms with Crippen LogP contribution in [-0.4, -0.2) is 12.1 Å². The summed E-state index contributed by atoms with van der Waals surface area (Å²) in [6, 6.07) is 9.63. The van der Waals surface area contributed by atoms with Gasteiger partial charge in [-0.25, -0.2) is 0 Å². The van der Waals surface area contributed by atoms with Crippen LogP contribution in [0, 0.1) is 11.8 Å². The van der Waals surface area contributed by atoms with Crippen molar-refractivity contribution in [3.05, 3.63) is 35.4 Å². The number of hydrogen-bond donors (Lipinski definition) is 1. The Morgan fingerprint density at radius 2 is 1.76 bits per heavy atom. The third-order valence-corrected chi connectivity index (χ3v) is 4.78. The Hall–Kier alpha value is -0.860. The lowest BCUT2D eigenvalue weighted by atomic mass is 9.82. The second kappa shape index (κ2) is 6.93. The Kier molecular flexibility index (Phi) is 4.97. The summed E-state index contributed by atoms with van der Waals surface area (Å²) in [5, 5.41) is 3.58. The van der Waals surface area contributed by atoms with Crippen molar-refractivity contribution in [2.24, 2.45) is 11.8 Å². The van der Waals surface area contributed by atoms with Crippen molar-refractivity contribution in [2.45, 2.75) is 71.2 Å². The molecule has 1 aromatic carbocycles. The van der Waals surface area contributed by atoms with E-state index in [-0.39, 0.29) is 0 Å². The van der Waals surface area contributed by atoms with Crippen molar-refractivity contribution in [1.29, 1.82) is 0 Å². The molecule has 0 bridgehead atoms. The lowest BCUT2D eigenvalue weighted by Crippen LogP contribution is -2.26. The molecule has 2 aliphatic rings. The van der Waals surface area contributed by atoms with Gasteiger partial charge in [0.05, 0.1) is 12.7 Å². The van der Waals surface area contributed by atoms with E-state index in [1.54, 1.807) is 0 Å². The number of nitrogens with one attached hydrogen (secondary N) is 1. The van der Waals surface area contributed by atoms with Gasteiger partial charge in [-0.1, -0.05) is 38.1 Å². The summed E-state index contributed by atoms with van der Waals surface area (Å²) in [6.07, 6.45) is 6.97. The van der Waals surface area contributed by atoms with Gasteiger partial charge >= 0.3 is 0 Å². The van der Waals surface area contributed by atoms with E-state index in [0.29, 0.717) is 6.10 Å². The van der Waals surface area contributed by atoms with Gasteiger partial charge in [-0.05, 0) is 55.1 Å². The van der Waals surface area contributed by atoms with Gasteiger partial charge in [-0.2, -0.15) is 0 Å². The topological polar surface area (TPSA) is 21.3 Å². The van der Waals surface area contributed by atoms with Crippen molar-refractivity contribution < 1.29 is 4.74 Å². The van der Waals surface area contributed by atoms with Crippen molar-refractivity contribution in [3.8, 4) is 0 Å². The highest BCUT2D eigenvalue weighted by Gasteiger charge is 2.24. The zero-order valence-electron chi connectivity index (χ0n) is 13.5. The van der Waals surface area contributed by atoms with Gasteiger partial charge in [0.1, 0.15) is 0 Å². The molecule has 0 heterocycles. The van der Waals surface area contributed by atoms with Crippen LogP contribution in [0.2, 0.25) is 0 Å². The molecule has 0 aromatic heterocycles. The molecule has 1 aromatic rings. The van der Waals surface area contributed by atoms with Gasteiger partial charge in [0.15, 0.2) is 0 Å². The van der Waals surface area contributed by atoms with Crippen LogP contribution >= 0.6 is 0 Å². The summed E-state index contributed by atoms with van der Waals surface area (Å²) in [5.74, 6) is 1.63. The number of ether oxygens (including phenoxy) is 1. The van der Waals surface area contributed by atoms with Crippen LogP contribution in [0.3, 0.4) is 0 Å². The molecule has 2 atom stereocenters. The van der Waals surface area contributed by atoms with E-state index >= 15 is 0 Å². The fraction of sp³-hybridized carbons (Fsp3) is 0.684. The van der Waals surface area contributed by atoms with E-state index < -0.39 is 0 Å². The Bertz CT molecular complexity index is 445. The molecule has 2 saturated carbocycles. The van der Waals surface area contributed by atoms with Gasteiger partial charge in [0.25, 0.3) is 0 Å². The highest BCUT2D eigenvalue weighted by atomic mass is 16.5. The van der Waals surface area contributed by atoms with Gasteiger partial charge in [0.2, 0.25) is 0 Å². The summed E-state index contributed by atoms with van der Waals surface area (Å²) in [4.78, 5) is 0. The van der Waals surface area contributed by atoms with Crippen LogP contribution < -0.4 is 5.32 Å². The molecule has 2 unspecified atom stereocenters. The maximum absolute atomic E-state index is 6.18. The van der Waals surface area contributed by atoms with Crippen LogP contribution in [0.5, 0.6) is 0 Å². The predicted octanol–water partition coefficient (Wildman–Crippen LogP) is 4.28. The molecule has 0 saturated heterocycles. The standard InChI is InChI=1S/C19H29NO/c1-14-8-15(2)10-19(9-14)21-13-17-5-3-4-16(11-17)12-20-18-6-7-18/h3-5,11,14-15,18-20H,6-10,12-13H2,1-2H3. The second-order valence-electron chi connectivity index (χ2n) is 7.33. The first-order valence-corrected chi connectivity index (χ1v) is 8.62. The van der Waals surface area contributed by atoms with Crippen molar-refractivity contribution >= 4 is 0 Å². The Morgan fingerprint density at radius 3 is 2.48 bits per heavy atom. The number of hydrogen-bond acceptors (Lipinski definition) is 2. The summed E-state index contributed by atoms with van der Waals surface area (Å²) in [5.41, 5.74) is 2.70. The average Bonchev–Trinajstić information content (AvgIpc) is 3.27. The SMILES string of the molecule is CC1CC(C)CC(OCc2cccc(CNC3CC3)c2)C1. The van der Waals surface area contributed by atoms with E-state index in [1.165, 1.54) is 43.2 Å². The maximum Gasteiger partial charge on any atom is 0.0720 e. The molecule has 2 nitrogen and oxygen atoms in total. The Balaban J connectivity index is 1.48. The molecule has 116 valence electrons. The summed E-state index contributed by atoms with van der Waals surface area (Å²) >= 11 is 0. The van der Waals surface area contributed by atoms with Gasteiger partial charge < -0.3 is 10.1 Å². The summed E-state index contributed by atoms with van der Waals surface area (Å²) < 4.78 is 6.18. The van der Waals surface area contributed by atoms with Crippen LogP contribution in [0.25, 0.3) is 0 Å². The Morgan fingerprint density at radius 1 is 1.05 bits per heavy atom. The van der Waals surface area contributed by atoms with E-state index in [0.717, 1.165) is 31.0 Å². The summed E-state index contributed by atoms with van der Waals surface area (Å²) in [7, 11) is 0. The first kappa shape index (κ1) is 15.1. The minimum atomic E-state index is 0.456. The highest BCUT2D eigenvalue weighted by Crippen LogP contribution is 2.30. The fourth-order valence-corrected chi connectivity index (χ4v) is 3.60. The third kappa shape index (κ3) is 4.82. The van der Waals surface area contributed by atoms with Crippen molar-refractivity contribution in [2.75, 3.05) is 0 Å². The van der Waals surface area contributed by atoms with E-state index in [1.807, 2.05) is 0 Å². The molecule has 1 N–H and O–H groups in total. The molecule has 0 aliphatic heterocycles. The first-order chi connectivity index (χ1) is 10.2. The molecule has 0 radical (unpaired) electrons. The zero-order valence-corrected chi connectivity index (χ0v) is 13.5. The third-order valence-electron chi connectivity index (χ3n) is 4.78. The first-order valence-electron chi connectivity index (χ1n) is 8.62. The monoisotopic (exact) mass is 287 g/mol.